The minimum Gasteiger partial charge on any atom is -0.100 e. The van der Waals surface area contributed by atoms with Crippen LogP contribution in [-0.2, 0) is 0 Å². The number of allylic oxidation sites excluding steroid dienone is 1. The zero-order valence-electron chi connectivity index (χ0n) is 19.4. The van der Waals surface area contributed by atoms with Crippen LogP contribution >= 0.6 is 0 Å². The van der Waals surface area contributed by atoms with Crippen LogP contribution in [0.25, 0.3) is 0 Å². The monoisotopic (exact) mass is 352 g/mol. The lowest BCUT2D eigenvalue weighted by molar-refractivity contribution is 0.0903. The van der Waals surface area contributed by atoms with Crippen LogP contribution in [0.15, 0.2) is 12.2 Å². The summed E-state index contributed by atoms with van der Waals surface area (Å²) in [7, 11) is 0. The first kappa shape index (κ1) is 27.0. The van der Waals surface area contributed by atoms with Gasteiger partial charge < -0.3 is 0 Å². The Morgan fingerprint density at radius 1 is 0.640 bits per heavy atom. The number of unbranched alkanes of at least 4 members (excludes halogenated alkanes) is 9. The molecule has 0 saturated carbocycles. The second-order valence-electron chi connectivity index (χ2n) is 9.11. The lowest BCUT2D eigenvalue weighted by Gasteiger charge is -2.41. The second-order valence-corrected chi connectivity index (χ2v) is 9.11. The van der Waals surface area contributed by atoms with Crippen molar-refractivity contribution in [1.82, 2.24) is 0 Å². The molecule has 0 aromatic rings. The Balaban J connectivity index is 0. The van der Waals surface area contributed by atoms with Gasteiger partial charge in [0, 0.05) is 0 Å². The van der Waals surface area contributed by atoms with E-state index >= 15 is 0 Å². The van der Waals surface area contributed by atoms with Gasteiger partial charge in [-0.1, -0.05) is 118 Å². The Labute approximate surface area is 162 Å². The van der Waals surface area contributed by atoms with E-state index in [2.05, 4.69) is 48.1 Å². The summed E-state index contributed by atoms with van der Waals surface area (Å²) in [5.74, 6) is 0. The molecule has 0 heterocycles. The smallest absolute Gasteiger partial charge is 0.0303 e. The third kappa shape index (κ3) is 14.6. The summed E-state index contributed by atoms with van der Waals surface area (Å²) in [6, 6.07) is 0. The molecule has 0 aliphatic rings. The maximum Gasteiger partial charge on any atom is -0.0303 e. The summed E-state index contributed by atoms with van der Waals surface area (Å²) < 4.78 is 0. The molecule has 0 nitrogen and oxygen atoms in total. The van der Waals surface area contributed by atoms with Crippen molar-refractivity contribution >= 4 is 0 Å². The van der Waals surface area contributed by atoms with Crippen LogP contribution in [0.3, 0.4) is 0 Å². The van der Waals surface area contributed by atoms with Crippen molar-refractivity contribution in [2.45, 2.75) is 139 Å². The highest BCUT2D eigenvalue weighted by Crippen LogP contribution is 2.44. The molecule has 0 aromatic heterocycles. The van der Waals surface area contributed by atoms with E-state index in [0.717, 1.165) is 0 Å². The van der Waals surface area contributed by atoms with Gasteiger partial charge in [0.2, 0.25) is 0 Å². The molecule has 0 heteroatoms. The van der Waals surface area contributed by atoms with E-state index in [1.807, 2.05) is 13.8 Å². The third-order valence-corrected chi connectivity index (χ3v) is 6.37. The summed E-state index contributed by atoms with van der Waals surface area (Å²) in [4.78, 5) is 0. The van der Waals surface area contributed by atoms with Gasteiger partial charge >= 0.3 is 0 Å². The topological polar surface area (TPSA) is 0 Å². The first-order chi connectivity index (χ1) is 11.7. The molecule has 0 radical (unpaired) electrons. The SMILES string of the molecule is C=C(C)CCCCCCCCCCCCC(C)(C)C(C)(C)CC.CC. The van der Waals surface area contributed by atoms with Gasteiger partial charge in [-0.3, -0.25) is 0 Å². The Kier molecular flexibility index (Phi) is 17.2. The summed E-state index contributed by atoms with van der Waals surface area (Å²) in [6.45, 7) is 22.2. The Bertz CT molecular complexity index is 295. The van der Waals surface area contributed by atoms with Crippen LogP contribution in [0.4, 0.5) is 0 Å². The average Bonchev–Trinajstić information content (AvgIpc) is 2.57. The van der Waals surface area contributed by atoms with Crippen LogP contribution in [0, 0.1) is 10.8 Å². The van der Waals surface area contributed by atoms with Crippen molar-refractivity contribution in [3.8, 4) is 0 Å². The standard InChI is InChI=1S/C23H46.C2H6/c1-8-22(4,5)23(6,7)20-18-16-14-12-10-9-11-13-15-17-19-21(2)3;1-2/h2,8-20H2,1,3-7H3;1-2H3. The fourth-order valence-corrected chi connectivity index (χ4v) is 3.22. The highest BCUT2D eigenvalue weighted by atomic mass is 14.4. The second kappa shape index (κ2) is 16.0. The van der Waals surface area contributed by atoms with E-state index in [0.29, 0.717) is 10.8 Å². The highest BCUT2D eigenvalue weighted by molar-refractivity contribution is 4.87. The molecule has 0 bridgehead atoms. The van der Waals surface area contributed by atoms with Gasteiger partial charge in [0.15, 0.2) is 0 Å². The summed E-state index contributed by atoms with van der Waals surface area (Å²) in [5.41, 5.74) is 2.29. The van der Waals surface area contributed by atoms with E-state index in [-0.39, 0.29) is 0 Å². The Morgan fingerprint density at radius 3 is 1.36 bits per heavy atom. The molecule has 0 atom stereocenters. The molecule has 0 aliphatic carbocycles. The fraction of sp³-hybridized carbons (Fsp3) is 0.920. The van der Waals surface area contributed by atoms with Crippen LogP contribution < -0.4 is 0 Å². The Morgan fingerprint density at radius 2 is 1.00 bits per heavy atom. The Hall–Kier alpha value is -0.260. The van der Waals surface area contributed by atoms with E-state index in [1.165, 1.54) is 89.0 Å². The molecule has 152 valence electrons. The van der Waals surface area contributed by atoms with Crippen molar-refractivity contribution in [2.24, 2.45) is 10.8 Å². The molecule has 0 unspecified atom stereocenters. The first-order valence-electron chi connectivity index (χ1n) is 11.4. The molecule has 0 saturated heterocycles. The van der Waals surface area contributed by atoms with Gasteiger partial charge in [-0.25, -0.2) is 0 Å². The highest BCUT2D eigenvalue weighted by Gasteiger charge is 2.34. The maximum atomic E-state index is 3.97. The zero-order valence-corrected chi connectivity index (χ0v) is 19.4. The van der Waals surface area contributed by atoms with Crippen LogP contribution in [0.2, 0.25) is 0 Å². The molecule has 25 heavy (non-hydrogen) atoms. The van der Waals surface area contributed by atoms with E-state index in [4.69, 9.17) is 0 Å². The van der Waals surface area contributed by atoms with Crippen molar-refractivity contribution in [3.63, 3.8) is 0 Å². The minimum atomic E-state index is 0.469. The average molecular weight is 353 g/mol. The van der Waals surface area contributed by atoms with E-state index in [9.17, 15) is 0 Å². The molecule has 0 amide bonds. The number of hydrogen-bond acceptors (Lipinski definition) is 0. The fourth-order valence-electron chi connectivity index (χ4n) is 3.22. The molecular formula is C25H52. The minimum absolute atomic E-state index is 0.469. The molecule has 0 aromatic carbocycles. The summed E-state index contributed by atoms with van der Waals surface area (Å²) in [5, 5.41) is 0. The normalized spacial score (nSPS) is 11.8. The number of rotatable bonds is 15. The van der Waals surface area contributed by atoms with Gasteiger partial charge in [-0.2, -0.15) is 0 Å². The van der Waals surface area contributed by atoms with Gasteiger partial charge in [0.05, 0.1) is 0 Å². The predicted molar refractivity (Wildman–Crippen MR) is 119 cm³/mol. The molecule has 0 spiro atoms. The van der Waals surface area contributed by atoms with Gasteiger partial charge in [-0.05, 0) is 37.0 Å². The van der Waals surface area contributed by atoms with Crippen molar-refractivity contribution in [3.05, 3.63) is 12.2 Å². The number of hydrogen-bond donors (Lipinski definition) is 0. The summed E-state index contributed by atoms with van der Waals surface area (Å²) >= 11 is 0. The van der Waals surface area contributed by atoms with Gasteiger partial charge in [-0.15, -0.1) is 6.58 Å². The molecule has 0 N–H and O–H groups in total. The van der Waals surface area contributed by atoms with E-state index < -0.39 is 0 Å². The van der Waals surface area contributed by atoms with Crippen LogP contribution in [0.1, 0.15) is 139 Å². The maximum absolute atomic E-state index is 3.97. The van der Waals surface area contributed by atoms with Crippen molar-refractivity contribution in [2.75, 3.05) is 0 Å². The molecule has 0 rings (SSSR count). The van der Waals surface area contributed by atoms with Crippen LogP contribution in [-0.4, -0.2) is 0 Å². The van der Waals surface area contributed by atoms with Crippen molar-refractivity contribution < 1.29 is 0 Å². The zero-order chi connectivity index (χ0) is 19.8. The predicted octanol–water partition coefficient (Wildman–Crippen LogP) is 9.73. The van der Waals surface area contributed by atoms with E-state index in [1.54, 1.807) is 0 Å². The molecular weight excluding hydrogens is 300 g/mol. The van der Waals surface area contributed by atoms with Gasteiger partial charge in [0.25, 0.3) is 0 Å². The largest absolute Gasteiger partial charge is 0.100 e. The molecule has 0 fully saturated rings. The summed E-state index contributed by atoms with van der Waals surface area (Å²) in [6.07, 6.45) is 18.1. The lowest BCUT2D eigenvalue weighted by Crippen LogP contribution is -2.31. The van der Waals surface area contributed by atoms with Crippen LogP contribution in [0.5, 0.6) is 0 Å². The van der Waals surface area contributed by atoms with Crippen molar-refractivity contribution in [1.29, 1.82) is 0 Å². The first-order valence-corrected chi connectivity index (χ1v) is 11.4. The molecule has 0 aliphatic heterocycles. The lowest BCUT2D eigenvalue weighted by atomic mass is 9.64. The quantitative estimate of drug-likeness (QED) is 0.203. The third-order valence-electron chi connectivity index (χ3n) is 6.37. The van der Waals surface area contributed by atoms with Gasteiger partial charge in [0.1, 0.15) is 0 Å².